The van der Waals surface area contributed by atoms with Gasteiger partial charge in [-0.15, -0.1) is 0 Å². The van der Waals surface area contributed by atoms with Crippen molar-refractivity contribution in [2.45, 2.75) is 6.54 Å². The number of halogens is 1. The molecule has 2 aromatic rings. The number of nitrogens with zero attached hydrogens (tertiary/aromatic N) is 3. The molecule has 0 aromatic carbocycles. The summed E-state index contributed by atoms with van der Waals surface area (Å²) in [6, 6.07) is 3.69. The van der Waals surface area contributed by atoms with Crippen molar-refractivity contribution in [2.75, 3.05) is 0 Å². The molecule has 6 heteroatoms. The molecule has 0 aliphatic rings. The number of nitrogens with one attached hydrogen (secondary N) is 1. The molecule has 0 bridgehead atoms. The summed E-state index contributed by atoms with van der Waals surface area (Å²) in [6.45, 7) is 0.659. The molecule has 3 N–H and O–H groups in total. The maximum absolute atomic E-state index is 7.31. The van der Waals surface area contributed by atoms with Crippen molar-refractivity contribution in [3.63, 3.8) is 0 Å². The molecule has 2 heterocycles. The van der Waals surface area contributed by atoms with Crippen LogP contribution >= 0.6 is 22.6 Å². The van der Waals surface area contributed by atoms with Gasteiger partial charge in [0.2, 0.25) is 0 Å². The molecule has 2 aromatic heterocycles. The van der Waals surface area contributed by atoms with Gasteiger partial charge in [0.15, 0.2) is 0 Å². The van der Waals surface area contributed by atoms with E-state index in [0.29, 0.717) is 12.2 Å². The number of hydrogen-bond acceptors (Lipinski definition) is 3. The molecule has 0 saturated carbocycles. The van der Waals surface area contributed by atoms with Crippen LogP contribution in [-0.4, -0.2) is 20.6 Å². The Kier molecular flexibility index (Phi) is 3.18. The Morgan fingerprint density at radius 2 is 2.38 bits per heavy atom. The second-order valence-electron chi connectivity index (χ2n) is 3.32. The summed E-state index contributed by atoms with van der Waals surface area (Å²) >= 11 is 2.21. The minimum absolute atomic E-state index is 0.0168. The van der Waals surface area contributed by atoms with Crippen molar-refractivity contribution in [2.24, 2.45) is 5.73 Å². The highest BCUT2D eigenvalue weighted by atomic mass is 127. The summed E-state index contributed by atoms with van der Waals surface area (Å²) < 4.78 is 2.93. The second-order valence-corrected chi connectivity index (χ2v) is 4.56. The minimum atomic E-state index is -0.0168. The van der Waals surface area contributed by atoms with E-state index in [1.807, 2.05) is 16.9 Å². The van der Waals surface area contributed by atoms with Crippen LogP contribution in [0.4, 0.5) is 0 Å². The molecule has 0 aliphatic heterocycles. The molecule has 0 atom stereocenters. The smallest absolute Gasteiger partial charge is 0.141 e. The SMILES string of the molecule is N=C(N)c1cc(Cn2cc(I)cn2)ccn1. The zero-order chi connectivity index (χ0) is 11.5. The summed E-state index contributed by atoms with van der Waals surface area (Å²) in [5.74, 6) is -0.0168. The van der Waals surface area contributed by atoms with Gasteiger partial charge >= 0.3 is 0 Å². The molecule has 0 saturated heterocycles. The molecule has 5 nitrogen and oxygen atoms in total. The van der Waals surface area contributed by atoms with Crippen LogP contribution in [0.3, 0.4) is 0 Å². The molecule has 0 spiro atoms. The predicted molar refractivity (Wildman–Crippen MR) is 69.3 cm³/mol. The van der Waals surface area contributed by atoms with Crippen LogP contribution in [0.5, 0.6) is 0 Å². The zero-order valence-electron chi connectivity index (χ0n) is 8.39. The van der Waals surface area contributed by atoms with Crippen molar-refractivity contribution in [1.29, 1.82) is 5.41 Å². The predicted octanol–water partition coefficient (Wildman–Crippen LogP) is 1.22. The van der Waals surface area contributed by atoms with Gasteiger partial charge in [-0.25, -0.2) is 0 Å². The first-order valence-corrected chi connectivity index (χ1v) is 5.70. The lowest BCUT2D eigenvalue weighted by molar-refractivity contribution is 0.685. The van der Waals surface area contributed by atoms with Gasteiger partial charge in [0, 0.05) is 12.4 Å². The first-order valence-electron chi connectivity index (χ1n) is 4.62. The summed E-state index contributed by atoms with van der Waals surface area (Å²) in [4.78, 5) is 4.01. The lowest BCUT2D eigenvalue weighted by atomic mass is 10.2. The summed E-state index contributed by atoms with van der Waals surface area (Å²) in [6.07, 6.45) is 5.41. The number of amidine groups is 1. The van der Waals surface area contributed by atoms with Crippen LogP contribution in [0.1, 0.15) is 11.3 Å². The number of rotatable bonds is 3. The van der Waals surface area contributed by atoms with Crippen LogP contribution in [0.25, 0.3) is 0 Å². The molecule has 16 heavy (non-hydrogen) atoms. The average Bonchev–Trinajstić information content (AvgIpc) is 2.64. The van der Waals surface area contributed by atoms with Crippen molar-refractivity contribution in [1.82, 2.24) is 14.8 Å². The highest BCUT2D eigenvalue weighted by Gasteiger charge is 2.01. The Balaban J connectivity index is 2.21. The maximum atomic E-state index is 7.31. The lowest BCUT2D eigenvalue weighted by Crippen LogP contribution is -2.13. The van der Waals surface area contributed by atoms with Crippen LogP contribution < -0.4 is 5.73 Å². The number of nitrogen functional groups attached to an aromatic ring is 1. The highest BCUT2D eigenvalue weighted by molar-refractivity contribution is 14.1. The van der Waals surface area contributed by atoms with Crippen LogP contribution in [0.15, 0.2) is 30.7 Å². The summed E-state index contributed by atoms with van der Waals surface area (Å²) in [5.41, 5.74) is 6.90. The standard InChI is InChI=1S/C10H10IN5/c11-8-4-15-16(6-8)5-7-1-2-14-9(3-7)10(12)13/h1-4,6H,5H2,(H3,12,13). The van der Waals surface area contributed by atoms with Gasteiger partial charge in [-0.2, -0.15) is 5.10 Å². The van der Waals surface area contributed by atoms with E-state index in [0.717, 1.165) is 9.13 Å². The Bertz CT molecular complexity index is 519. The van der Waals surface area contributed by atoms with Crippen molar-refractivity contribution < 1.29 is 0 Å². The van der Waals surface area contributed by atoms with E-state index in [1.165, 1.54) is 0 Å². The first kappa shape index (κ1) is 11.1. The minimum Gasteiger partial charge on any atom is -0.382 e. The average molecular weight is 327 g/mol. The number of hydrogen-bond donors (Lipinski definition) is 2. The Morgan fingerprint density at radius 3 is 3.00 bits per heavy atom. The van der Waals surface area contributed by atoms with Crippen LogP contribution in [0, 0.1) is 8.98 Å². The van der Waals surface area contributed by atoms with Crippen molar-refractivity contribution >= 4 is 28.4 Å². The number of pyridine rings is 1. The molecular formula is C10H10IN5. The van der Waals surface area contributed by atoms with E-state index >= 15 is 0 Å². The Hall–Kier alpha value is -1.44. The third-order valence-corrected chi connectivity index (χ3v) is 2.60. The van der Waals surface area contributed by atoms with Gasteiger partial charge < -0.3 is 5.73 Å². The van der Waals surface area contributed by atoms with Crippen molar-refractivity contribution in [3.05, 3.63) is 45.6 Å². The Morgan fingerprint density at radius 1 is 1.56 bits per heavy atom. The monoisotopic (exact) mass is 327 g/mol. The lowest BCUT2D eigenvalue weighted by Gasteiger charge is -2.03. The number of nitrogens with two attached hydrogens (primary N) is 1. The molecule has 0 fully saturated rings. The van der Waals surface area contributed by atoms with Gasteiger partial charge in [0.05, 0.1) is 16.3 Å². The van der Waals surface area contributed by atoms with Gasteiger partial charge in [0.1, 0.15) is 11.5 Å². The van der Waals surface area contributed by atoms with Gasteiger partial charge in [-0.05, 0) is 40.3 Å². The third kappa shape index (κ3) is 2.57. The van der Waals surface area contributed by atoms with E-state index < -0.39 is 0 Å². The van der Waals surface area contributed by atoms with E-state index in [2.05, 4.69) is 32.7 Å². The second kappa shape index (κ2) is 4.60. The van der Waals surface area contributed by atoms with Gasteiger partial charge in [0.25, 0.3) is 0 Å². The zero-order valence-corrected chi connectivity index (χ0v) is 10.5. The van der Waals surface area contributed by atoms with Gasteiger partial charge in [-0.1, -0.05) is 0 Å². The summed E-state index contributed by atoms with van der Waals surface area (Å²) in [7, 11) is 0. The molecule has 0 amide bonds. The topological polar surface area (TPSA) is 80.6 Å². The fourth-order valence-electron chi connectivity index (χ4n) is 1.33. The summed E-state index contributed by atoms with van der Waals surface area (Å²) in [5, 5.41) is 11.5. The molecule has 0 aliphatic carbocycles. The fourth-order valence-corrected chi connectivity index (χ4v) is 1.78. The van der Waals surface area contributed by atoms with E-state index in [1.54, 1.807) is 18.5 Å². The van der Waals surface area contributed by atoms with E-state index in [9.17, 15) is 0 Å². The molecule has 0 radical (unpaired) electrons. The van der Waals surface area contributed by atoms with Crippen LogP contribution in [0.2, 0.25) is 0 Å². The van der Waals surface area contributed by atoms with E-state index in [4.69, 9.17) is 11.1 Å². The third-order valence-electron chi connectivity index (χ3n) is 2.05. The van der Waals surface area contributed by atoms with Crippen molar-refractivity contribution in [3.8, 4) is 0 Å². The molecule has 0 unspecified atom stereocenters. The quantitative estimate of drug-likeness (QED) is 0.505. The maximum Gasteiger partial charge on any atom is 0.141 e. The highest BCUT2D eigenvalue weighted by Crippen LogP contribution is 2.06. The first-order chi connectivity index (χ1) is 7.65. The van der Waals surface area contributed by atoms with E-state index in [-0.39, 0.29) is 5.84 Å². The molecule has 2 rings (SSSR count). The largest absolute Gasteiger partial charge is 0.382 e. The Labute approximate surface area is 106 Å². The van der Waals surface area contributed by atoms with Crippen LogP contribution in [-0.2, 0) is 6.54 Å². The number of aromatic nitrogens is 3. The normalized spacial score (nSPS) is 10.3. The molecular weight excluding hydrogens is 317 g/mol. The fraction of sp³-hybridized carbons (Fsp3) is 0.100. The van der Waals surface area contributed by atoms with Gasteiger partial charge in [-0.3, -0.25) is 15.1 Å². The molecule has 82 valence electrons.